The first-order valence-corrected chi connectivity index (χ1v) is 7.66. The van der Waals surface area contributed by atoms with Crippen molar-refractivity contribution >= 4 is 18.4 Å². The number of unbranched alkanes of at least 4 members (excludes halogenated alkanes) is 2. The van der Waals surface area contributed by atoms with Gasteiger partial charge in [-0.1, -0.05) is 26.7 Å². The molecule has 6 N–H and O–H groups in total. The first-order chi connectivity index (χ1) is 9.61. The van der Waals surface area contributed by atoms with Crippen molar-refractivity contribution in [3.05, 3.63) is 0 Å². The second kappa shape index (κ2) is 15.8. The monoisotopic (exact) mass is 324 g/mol. The van der Waals surface area contributed by atoms with Gasteiger partial charge in [-0.05, 0) is 25.7 Å². The summed E-state index contributed by atoms with van der Waals surface area (Å²) in [5.74, 6) is 0.119. The molecule has 21 heavy (non-hydrogen) atoms. The molecule has 1 atom stereocenters. The highest BCUT2D eigenvalue weighted by molar-refractivity contribution is 5.85. The average Bonchev–Trinajstić information content (AvgIpc) is 2.42. The van der Waals surface area contributed by atoms with E-state index < -0.39 is 0 Å². The van der Waals surface area contributed by atoms with Crippen molar-refractivity contribution < 1.29 is 9.47 Å². The van der Waals surface area contributed by atoms with Gasteiger partial charge in [-0.3, -0.25) is 4.99 Å². The van der Waals surface area contributed by atoms with E-state index in [0.29, 0.717) is 19.8 Å². The number of hydrogen-bond acceptors (Lipinski definition) is 4. The van der Waals surface area contributed by atoms with Crippen LogP contribution in [-0.4, -0.2) is 38.0 Å². The summed E-state index contributed by atoms with van der Waals surface area (Å²) in [5, 5.41) is 0. The lowest BCUT2D eigenvalue weighted by atomic mass is 10.1. The summed E-state index contributed by atoms with van der Waals surface area (Å²) in [6.07, 6.45) is 5.52. The van der Waals surface area contributed by atoms with Crippen LogP contribution in [-0.2, 0) is 9.47 Å². The normalized spacial score (nSPS) is 12.0. The van der Waals surface area contributed by atoms with Crippen LogP contribution in [0.4, 0.5) is 0 Å². The van der Waals surface area contributed by atoms with E-state index in [1.54, 1.807) is 0 Å². The topological polar surface area (TPSA) is 109 Å². The molecule has 128 valence electrons. The molecule has 0 aliphatic heterocycles. The van der Waals surface area contributed by atoms with Crippen molar-refractivity contribution in [1.82, 2.24) is 0 Å². The molecule has 0 heterocycles. The van der Waals surface area contributed by atoms with E-state index in [2.05, 4.69) is 18.8 Å². The Morgan fingerprint density at radius 3 is 1.95 bits per heavy atom. The number of hydrogen-bond donors (Lipinski definition) is 3. The summed E-state index contributed by atoms with van der Waals surface area (Å²) in [7, 11) is 0. The summed E-state index contributed by atoms with van der Waals surface area (Å²) in [6, 6.07) is -0.141. The van der Waals surface area contributed by atoms with Crippen LogP contribution in [0, 0.1) is 0 Å². The zero-order valence-electron chi connectivity index (χ0n) is 13.4. The van der Waals surface area contributed by atoms with Crippen molar-refractivity contribution in [3.63, 3.8) is 0 Å². The molecule has 6 nitrogen and oxygen atoms in total. The third-order valence-corrected chi connectivity index (χ3v) is 2.90. The number of nitrogens with zero attached hydrogens (tertiary/aromatic N) is 1. The van der Waals surface area contributed by atoms with Gasteiger partial charge in [0.1, 0.15) is 0 Å². The Morgan fingerprint density at radius 2 is 1.52 bits per heavy atom. The van der Waals surface area contributed by atoms with Crippen molar-refractivity contribution in [2.24, 2.45) is 22.2 Å². The molecule has 0 aromatic carbocycles. The van der Waals surface area contributed by atoms with E-state index in [-0.39, 0.29) is 30.7 Å². The van der Waals surface area contributed by atoms with Crippen LogP contribution in [0.25, 0.3) is 0 Å². The lowest BCUT2D eigenvalue weighted by Crippen LogP contribution is -2.39. The molecule has 0 bridgehead atoms. The molecule has 0 fully saturated rings. The Morgan fingerprint density at radius 1 is 1.00 bits per heavy atom. The molecular weight excluding hydrogens is 292 g/mol. The van der Waals surface area contributed by atoms with Gasteiger partial charge < -0.3 is 26.7 Å². The fourth-order valence-corrected chi connectivity index (χ4v) is 1.65. The lowest BCUT2D eigenvalue weighted by molar-refractivity contribution is -0.156. The zero-order chi connectivity index (χ0) is 15.2. The maximum atomic E-state index is 6.14. The van der Waals surface area contributed by atoms with Gasteiger partial charge in [-0.25, -0.2) is 0 Å². The fourth-order valence-electron chi connectivity index (χ4n) is 1.65. The fraction of sp³-hybridized carbons (Fsp3) is 0.929. The Labute approximate surface area is 135 Å². The van der Waals surface area contributed by atoms with E-state index in [1.165, 1.54) is 0 Å². The first kappa shape index (κ1) is 22.7. The van der Waals surface area contributed by atoms with Crippen molar-refractivity contribution in [2.75, 3.05) is 19.8 Å². The predicted molar refractivity (Wildman–Crippen MR) is 90.6 cm³/mol. The third kappa shape index (κ3) is 14.2. The number of nitrogens with two attached hydrogens (primary N) is 3. The van der Waals surface area contributed by atoms with Crippen LogP contribution < -0.4 is 17.2 Å². The summed E-state index contributed by atoms with van der Waals surface area (Å²) in [5.41, 5.74) is 16.7. The van der Waals surface area contributed by atoms with Gasteiger partial charge in [-0.15, -0.1) is 12.4 Å². The molecule has 0 amide bonds. The molecule has 0 aliphatic carbocycles. The molecule has 0 aliphatic rings. The third-order valence-electron chi connectivity index (χ3n) is 2.90. The summed E-state index contributed by atoms with van der Waals surface area (Å²) < 4.78 is 11.5. The molecule has 0 unspecified atom stereocenters. The van der Waals surface area contributed by atoms with Crippen LogP contribution in [0.5, 0.6) is 0 Å². The Bertz CT molecular complexity index is 241. The Hall–Kier alpha value is -0.560. The number of rotatable bonds is 13. The quantitative estimate of drug-likeness (QED) is 0.207. The van der Waals surface area contributed by atoms with Crippen molar-refractivity contribution in [2.45, 2.75) is 64.7 Å². The van der Waals surface area contributed by atoms with E-state index in [4.69, 9.17) is 26.7 Å². The second-order valence-corrected chi connectivity index (χ2v) is 4.93. The van der Waals surface area contributed by atoms with Gasteiger partial charge in [0.15, 0.2) is 12.2 Å². The molecule has 0 radical (unpaired) electrons. The summed E-state index contributed by atoms with van der Waals surface area (Å²) >= 11 is 0. The number of guanidine groups is 1. The van der Waals surface area contributed by atoms with Gasteiger partial charge >= 0.3 is 0 Å². The molecule has 0 aromatic heterocycles. The van der Waals surface area contributed by atoms with Crippen molar-refractivity contribution in [1.29, 1.82) is 0 Å². The summed E-state index contributed by atoms with van der Waals surface area (Å²) in [4.78, 5) is 3.94. The first-order valence-electron chi connectivity index (χ1n) is 7.66. The second-order valence-electron chi connectivity index (χ2n) is 4.93. The Kier molecular flexibility index (Phi) is 17.1. The largest absolute Gasteiger partial charge is 0.370 e. The van der Waals surface area contributed by atoms with Crippen LogP contribution in [0.15, 0.2) is 4.99 Å². The minimum absolute atomic E-state index is 0. The van der Waals surface area contributed by atoms with Crippen LogP contribution >= 0.6 is 12.4 Å². The van der Waals surface area contributed by atoms with Gasteiger partial charge in [-0.2, -0.15) is 0 Å². The molecule has 0 saturated heterocycles. The van der Waals surface area contributed by atoms with Crippen LogP contribution in [0.1, 0.15) is 52.4 Å². The Balaban J connectivity index is 0. The highest BCUT2D eigenvalue weighted by atomic mass is 35.5. The van der Waals surface area contributed by atoms with E-state index >= 15 is 0 Å². The minimum Gasteiger partial charge on any atom is -0.370 e. The van der Waals surface area contributed by atoms with Crippen LogP contribution in [0.3, 0.4) is 0 Å². The molecular formula is C14H33ClN4O2. The minimum atomic E-state index is -0.327. The smallest absolute Gasteiger partial charge is 0.185 e. The summed E-state index contributed by atoms with van der Waals surface area (Å²) in [6.45, 7) is 6.23. The van der Waals surface area contributed by atoms with Crippen molar-refractivity contribution in [3.8, 4) is 0 Å². The zero-order valence-corrected chi connectivity index (χ0v) is 14.2. The molecule has 0 saturated carbocycles. The van der Waals surface area contributed by atoms with E-state index in [0.717, 1.165) is 38.5 Å². The average molecular weight is 325 g/mol. The molecule has 0 rings (SSSR count). The predicted octanol–water partition coefficient (Wildman–Crippen LogP) is 1.75. The number of aliphatic imine (C=N–C) groups is 1. The van der Waals surface area contributed by atoms with Gasteiger partial charge in [0.2, 0.25) is 0 Å². The maximum absolute atomic E-state index is 6.14. The number of halogens is 1. The van der Waals surface area contributed by atoms with Gasteiger partial charge in [0, 0.05) is 19.8 Å². The van der Waals surface area contributed by atoms with E-state index in [1.807, 2.05) is 0 Å². The molecule has 0 aromatic rings. The number of ether oxygens (including phenoxy) is 2. The highest BCUT2D eigenvalue weighted by Crippen LogP contribution is 2.08. The lowest BCUT2D eigenvalue weighted by Gasteiger charge is -2.24. The van der Waals surface area contributed by atoms with E-state index in [9.17, 15) is 0 Å². The standard InChI is InChI=1S/C14H32N4O2.ClH/c1-3-5-10-19-13(20-11-6-4-2)12(15)8-7-9-18-14(16)17;/h12-13H,3-11,15H2,1-2H3,(H4,16,17,18);1H/t12-;/m1./s1. The maximum Gasteiger partial charge on any atom is 0.185 e. The highest BCUT2D eigenvalue weighted by Gasteiger charge is 2.18. The SMILES string of the molecule is CCCCOC(OCCCC)[C@H](N)CCCN=C(N)N.Cl. The van der Waals surface area contributed by atoms with Gasteiger partial charge in [0.25, 0.3) is 0 Å². The molecule has 7 heteroatoms. The van der Waals surface area contributed by atoms with Crippen LogP contribution in [0.2, 0.25) is 0 Å². The molecule has 0 spiro atoms. The van der Waals surface area contributed by atoms with Gasteiger partial charge in [0.05, 0.1) is 6.04 Å².